The van der Waals surface area contributed by atoms with E-state index in [0.29, 0.717) is 5.41 Å². The highest BCUT2D eigenvalue weighted by Crippen LogP contribution is 2.61. The summed E-state index contributed by atoms with van der Waals surface area (Å²) in [5.74, 6) is 5.45. The van der Waals surface area contributed by atoms with E-state index in [1.54, 1.807) is 5.56 Å². The third kappa shape index (κ3) is 5.70. The van der Waals surface area contributed by atoms with Crippen molar-refractivity contribution in [3.8, 4) is 11.1 Å². The van der Waals surface area contributed by atoms with Crippen molar-refractivity contribution in [3.63, 3.8) is 0 Å². The van der Waals surface area contributed by atoms with Crippen LogP contribution in [0.2, 0.25) is 0 Å². The Hall–Kier alpha value is -4.88. The van der Waals surface area contributed by atoms with Crippen molar-refractivity contribution in [1.82, 2.24) is 0 Å². The van der Waals surface area contributed by atoms with Gasteiger partial charge in [0.1, 0.15) is 0 Å². The molecule has 6 aromatic carbocycles. The lowest BCUT2D eigenvalue weighted by atomic mass is 9.48. The van der Waals surface area contributed by atoms with Gasteiger partial charge in [0.15, 0.2) is 0 Å². The van der Waals surface area contributed by atoms with Gasteiger partial charge in [-0.15, -0.1) is 0 Å². The van der Waals surface area contributed by atoms with E-state index < -0.39 is 5.41 Å². The van der Waals surface area contributed by atoms with Gasteiger partial charge in [-0.2, -0.15) is 0 Å². The van der Waals surface area contributed by atoms with E-state index in [9.17, 15) is 0 Å². The molecular weight excluding hydrogens is 711 g/mol. The molecule has 59 heavy (non-hydrogen) atoms. The van der Waals surface area contributed by atoms with Crippen LogP contribution in [0.4, 0.5) is 17.1 Å². The van der Waals surface area contributed by atoms with E-state index in [-0.39, 0.29) is 5.41 Å². The lowest BCUT2D eigenvalue weighted by Crippen LogP contribution is -2.48. The molecule has 1 nitrogen and oxygen atoms in total. The summed E-state index contributed by atoms with van der Waals surface area (Å²) in [7, 11) is 0. The molecule has 296 valence electrons. The van der Waals surface area contributed by atoms with E-state index in [1.165, 1.54) is 127 Å². The van der Waals surface area contributed by atoms with Crippen LogP contribution < -0.4 is 4.90 Å². The van der Waals surface area contributed by atoms with E-state index in [1.807, 2.05) is 0 Å². The first kappa shape index (κ1) is 36.0. The first-order valence-corrected chi connectivity index (χ1v) is 23.2. The van der Waals surface area contributed by atoms with Crippen molar-refractivity contribution >= 4 is 17.1 Å². The minimum absolute atomic E-state index is 0.251. The normalized spacial score (nSPS) is 30.7. The Morgan fingerprint density at radius 2 is 0.864 bits per heavy atom. The Morgan fingerprint density at radius 3 is 1.42 bits per heavy atom. The molecule has 0 N–H and O–H groups in total. The molecular formula is C58H59N. The third-order valence-electron chi connectivity index (χ3n) is 16.9. The van der Waals surface area contributed by atoms with Crippen LogP contribution in [0.1, 0.15) is 118 Å². The maximum absolute atomic E-state index is 2.57. The third-order valence-corrected chi connectivity index (χ3v) is 16.9. The summed E-state index contributed by atoms with van der Waals surface area (Å²) < 4.78 is 0. The molecule has 0 spiro atoms. The molecule has 6 bridgehead atoms. The molecule has 6 saturated carbocycles. The van der Waals surface area contributed by atoms with Crippen LogP contribution in [0.15, 0.2) is 152 Å². The van der Waals surface area contributed by atoms with E-state index in [0.717, 1.165) is 35.5 Å². The van der Waals surface area contributed by atoms with Gasteiger partial charge in [-0.05, 0) is 198 Å². The lowest BCUT2D eigenvalue weighted by Gasteiger charge is -2.57. The van der Waals surface area contributed by atoms with Gasteiger partial charge in [-0.3, -0.25) is 0 Å². The van der Waals surface area contributed by atoms with Crippen molar-refractivity contribution in [3.05, 3.63) is 185 Å². The van der Waals surface area contributed by atoms with Crippen LogP contribution in [-0.4, -0.2) is 0 Å². The number of hydrogen-bond donors (Lipinski definition) is 0. The Labute approximate surface area is 352 Å². The second-order valence-corrected chi connectivity index (χ2v) is 20.9. The zero-order valence-corrected chi connectivity index (χ0v) is 35.1. The number of anilines is 3. The molecule has 7 aliphatic rings. The highest BCUT2D eigenvalue weighted by atomic mass is 15.1. The fourth-order valence-electron chi connectivity index (χ4n) is 15.3. The van der Waals surface area contributed by atoms with Crippen LogP contribution in [0.5, 0.6) is 0 Å². The van der Waals surface area contributed by atoms with Gasteiger partial charge in [-0.1, -0.05) is 129 Å². The van der Waals surface area contributed by atoms with Gasteiger partial charge >= 0.3 is 0 Å². The SMILES string of the molecule is CC1CC2CC(C1)CC(C)(c1ccc(N(c3ccc(C45CC6CC(CC(C6)C4)C5)cc3)c3ccc4c(c3)C(c3ccccc3)(c3ccccc3)c3ccccc3-4)cc1)C2. The molecule has 0 radical (unpaired) electrons. The van der Waals surface area contributed by atoms with Crippen molar-refractivity contribution < 1.29 is 0 Å². The Bertz CT molecular complexity index is 2400. The highest BCUT2D eigenvalue weighted by molar-refractivity contribution is 5.89. The van der Waals surface area contributed by atoms with E-state index in [4.69, 9.17) is 0 Å². The highest BCUT2D eigenvalue weighted by Gasteiger charge is 2.52. The summed E-state index contributed by atoms with van der Waals surface area (Å²) in [6.07, 6.45) is 15.6. The number of benzene rings is 6. The Morgan fingerprint density at radius 1 is 0.407 bits per heavy atom. The largest absolute Gasteiger partial charge is 0.310 e. The fourth-order valence-corrected chi connectivity index (χ4v) is 15.3. The summed E-state index contributed by atoms with van der Waals surface area (Å²) in [6, 6.07) is 58.9. The summed E-state index contributed by atoms with van der Waals surface area (Å²) in [5, 5.41) is 0. The van der Waals surface area contributed by atoms with Crippen LogP contribution >= 0.6 is 0 Å². The summed E-state index contributed by atoms with van der Waals surface area (Å²) in [6.45, 7) is 5.06. The van der Waals surface area contributed by atoms with Gasteiger partial charge in [-0.25, -0.2) is 0 Å². The maximum atomic E-state index is 2.57. The van der Waals surface area contributed by atoms with Crippen LogP contribution in [0.25, 0.3) is 11.1 Å². The molecule has 0 aromatic heterocycles. The monoisotopic (exact) mass is 769 g/mol. The van der Waals surface area contributed by atoms with Crippen LogP contribution in [-0.2, 0) is 16.2 Å². The standard InChI is InChI=1S/C58H59N/c1-39-27-40-29-41(28-39)35-56(2,34-40)45-17-21-49(22-18-45)59(50-23-19-46(20-24-50)57-36-42-30-43(37-57)32-44(31-42)38-57)51-25-26-53-52-15-9-10-16-54(52)58(55(53)33-51,47-11-5-3-6-12-47)48-13-7-4-8-14-48/h3-26,33,39-44H,27-32,34-38H2,1-2H3. The van der Waals surface area contributed by atoms with Gasteiger partial charge in [0, 0.05) is 17.1 Å². The molecule has 0 saturated heterocycles. The van der Waals surface area contributed by atoms with Crippen molar-refractivity contribution in [1.29, 1.82) is 0 Å². The van der Waals surface area contributed by atoms with Gasteiger partial charge in [0.2, 0.25) is 0 Å². The average molecular weight is 770 g/mol. The first-order chi connectivity index (χ1) is 28.9. The Balaban J connectivity index is 0.999. The molecule has 13 rings (SSSR count). The quantitative estimate of drug-likeness (QED) is 0.156. The second kappa shape index (κ2) is 13.6. The van der Waals surface area contributed by atoms with E-state index in [2.05, 4.69) is 170 Å². The molecule has 6 aromatic rings. The number of nitrogens with zero attached hydrogens (tertiary/aromatic N) is 1. The predicted octanol–water partition coefficient (Wildman–Crippen LogP) is 15.1. The zero-order valence-electron chi connectivity index (χ0n) is 35.1. The minimum Gasteiger partial charge on any atom is -0.310 e. The molecule has 2 unspecified atom stereocenters. The van der Waals surface area contributed by atoms with Gasteiger partial charge in [0.05, 0.1) is 5.41 Å². The zero-order chi connectivity index (χ0) is 39.3. The first-order valence-electron chi connectivity index (χ1n) is 23.2. The van der Waals surface area contributed by atoms with Crippen molar-refractivity contribution in [2.45, 2.75) is 101 Å². The number of fused-ring (bicyclic) bond motifs is 5. The molecule has 0 aliphatic heterocycles. The number of hydrogen-bond acceptors (Lipinski definition) is 1. The summed E-state index contributed by atoms with van der Waals surface area (Å²) in [4.78, 5) is 2.57. The summed E-state index contributed by atoms with van der Waals surface area (Å²) >= 11 is 0. The van der Waals surface area contributed by atoms with Crippen molar-refractivity contribution in [2.75, 3.05) is 4.90 Å². The minimum atomic E-state index is -0.437. The van der Waals surface area contributed by atoms with Gasteiger partial charge < -0.3 is 4.90 Å². The molecule has 6 fully saturated rings. The molecule has 2 atom stereocenters. The Kier molecular flexibility index (Phi) is 8.28. The summed E-state index contributed by atoms with van der Waals surface area (Å²) in [5.41, 5.74) is 15.0. The fraction of sp³-hybridized carbons (Fsp3) is 0.379. The maximum Gasteiger partial charge on any atom is 0.0714 e. The molecule has 1 heteroatoms. The number of rotatable bonds is 7. The van der Waals surface area contributed by atoms with Crippen molar-refractivity contribution in [2.24, 2.45) is 35.5 Å². The molecule has 0 amide bonds. The smallest absolute Gasteiger partial charge is 0.0714 e. The molecule has 7 aliphatic carbocycles. The second-order valence-electron chi connectivity index (χ2n) is 20.9. The average Bonchev–Trinajstić information content (AvgIpc) is 3.54. The lowest BCUT2D eigenvalue weighted by molar-refractivity contribution is -0.00518. The predicted molar refractivity (Wildman–Crippen MR) is 245 cm³/mol. The molecule has 0 heterocycles. The van der Waals surface area contributed by atoms with Crippen LogP contribution in [0, 0.1) is 35.5 Å². The topological polar surface area (TPSA) is 3.24 Å². The van der Waals surface area contributed by atoms with Crippen LogP contribution in [0.3, 0.4) is 0 Å². The van der Waals surface area contributed by atoms with E-state index >= 15 is 0 Å². The van der Waals surface area contributed by atoms with Gasteiger partial charge in [0.25, 0.3) is 0 Å².